The van der Waals surface area contributed by atoms with Crippen LogP contribution in [0, 0.1) is 6.92 Å². The molecule has 0 bridgehead atoms. The van der Waals surface area contributed by atoms with Crippen molar-refractivity contribution < 1.29 is 14.3 Å². The number of hydrogen-bond acceptors (Lipinski definition) is 5. The number of aryl methyl sites for hydroxylation is 1. The highest BCUT2D eigenvalue weighted by atomic mass is 35.5. The number of rotatable bonds is 11. The van der Waals surface area contributed by atoms with Crippen molar-refractivity contribution in [3.05, 3.63) is 53.2 Å². The lowest BCUT2D eigenvalue weighted by atomic mass is 10.1. The quantitative estimate of drug-likeness (QED) is 0.301. The van der Waals surface area contributed by atoms with Crippen LogP contribution in [0.5, 0.6) is 17.2 Å². The van der Waals surface area contributed by atoms with E-state index in [0.717, 1.165) is 61.1 Å². The summed E-state index contributed by atoms with van der Waals surface area (Å²) in [7, 11) is 0. The Hall–Kier alpha value is -3.03. The number of hydrogen-bond donors (Lipinski definition) is 2. The normalized spacial score (nSPS) is 13.2. The van der Waals surface area contributed by atoms with Crippen molar-refractivity contribution in [2.75, 3.05) is 31.6 Å². The molecule has 0 saturated heterocycles. The van der Waals surface area contributed by atoms with Gasteiger partial charge in [-0.25, -0.2) is 4.79 Å². The van der Waals surface area contributed by atoms with E-state index in [1.54, 1.807) is 24.4 Å². The van der Waals surface area contributed by atoms with E-state index in [4.69, 9.17) is 21.1 Å². The van der Waals surface area contributed by atoms with Gasteiger partial charge in [-0.1, -0.05) is 25.4 Å². The highest BCUT2D eigenvalue weighted by Gasteiger charge is 2.23. The molecule has 4 rings (SSSR count). The first-order chi connectivity index (χ1) is 17.0. The van der Waals surface area contributed by atoms with Gasteiger partial charge in [0.1, 0.15) is 17.2 Å². The fourth-order valence-electron chi connectivity index (χ4n) is 3.87. The Morgan fingerprint density at radius 2 is 1.94 bits per heavy atom. The number of carbonyl (C=O) groups excluding carboxylic acids is 1. The molecule has 1 aliphatic rings. The molecule has 1 aliphatic carbocycles. The summed E-state index contributed by atoms with van der Waals surface area (Å²) in [6.07, 6.45) is 4.75. The first-order valence-corrected chi connectivity index (χ1v) is 12.6. The number of benzene rings is 2. The Bertz CT molecular complexity index is 1180. The molecule has 3 aromatic rings. The van der Waals surface area contributed by atoms with Gasteiger partial charge in [-0.3, -0.25) is 4.98 Å². The second-order valence-electron chi connectivity index (χ2n) is 8.79. The molecule has 2 amide bonds. The smallest absolute Gasteiger partial charge is 0.319 e. The Kier molecular flexibility index (Phi) is 8.31. The molecule has 1 fully saturated rings. The lowest BCUT2D eigenvalue weighted by Crippen LogP contribution is -2.30. The molecule has 0 atom stereocenters. The van der Waals surface area contributed by atoms with E-state index in [0.29, 0.717) is 28.8 Å². The summed E-state index contributed by atoms with van der Waals surface area (Å²) in [5, 5.41) is 6.96. The van der Waals surface area contributed by atoms with Crippen LogP contribution in [-0.2, 0) is 0 Å². The van der Waals surface area contributed by atoms with Gasteiger partial charge in [0.05, 0.1) is 22.8 Å². The number of nitrogens with zero attached hydrogens (tertiary/aromatic N) is 2. The standard InChI is InChI=1S/C27H33ClN4O3/c1-4-32(5-2)13-6-14-34-26-17-24-21(15-18(26)3)25(11-12-29-24)35-20-9-10-23(22(28)16-20)31-27(33)30-19-7-8-19/h9-12,15-17,19H,4-8,13-14H2,1-3H3,(H2,30,31,33). The molecule has 1 aromatic heterocycles. The third kappa shape index (κ3) is 6.77. The van der Waals surface area contributed by atoms with Crippen LogP contribution in [0.2, 0.25) is 5.02 Å². The highest BCUT2D eigenvalue weighted by molar-refractivity contribution is 6.33. The second kappa shape index (κ2) is 11.6. The summed E-state index contributed by atoms with van der Waals surface area (Å²) in [5.41, 5.74) is 2.36. The van der Waals surface area contributed by atoms with Crippen LogP contribution in [0.4, 0.5) is 10.5 Å². The molecule has 35 heavy (non-hydrogen) atoms. The summed E-state index contributed by atoms with van der Waals surface area (Å²) in [5.74, 6) is 2.09. The van der Waals surface area contributed by atoms with Gasteiger partial charge < -0.3 is 25.0 Å². The van der Waals surface area contributed by atoms with Gasteiger partial charge in [0, 0.05) is 36.3 Å². The minimum Gasteiger partial charge on any atom is -0.493 e. The average Bonchev–Trinajstić information content (AvgIpc) is 3.65. The Balaban J connectivity index is 1.43. The number of halogens is 1. The Morgan fingerprint density at radius 1 is 1.14 bits per heavy atom. The minimum atomic E-state index is -0.246. The van der Waals surface area contributed by atoms with Gasteiger partial charge in [0.2, 0.25) is 0 Å². The lowest BCUT2D eigenvalue weighted by Gasteiger charge is -2.18. The zero-order valence-corrected chi connectivity index (χ0v) is 21.3. The summed E-state index contributed by atoms with van der Waals surface area (Å²) >= 11 is 6.40. The number of fused-ring (bicyclic) bond motifs is 1. The van der Waals surface area contributed by atoms with Crippen molar-refractivity contribution in [2.45, 2.75) is 46.1 Å². The van der Waals surface area contributed by atoms with Gasteiger partial charge >= 0.3 is 6.03 Å². The van der Waals surface area contributed by atoms with Crippen LogP contribution in [-0.4, -0.2) is 48.2 Å². The maximum absolute atomic E-state index is 12.0. The zero-order valence-electron chi connectivity index (χ0n) is 20.6. The Morgan fingerprint density at radius 3 is 2.66 bits per heavy atom. The molecule has 0 unspecified atom stereocenters. The van der Waals surface area contributed by atoms with E-state index in [1.165, 1.54) is 0 Å². The minimum absolute atomic E-state index is 0.246. The van der Waals surface area contributed by atoms with Gasteiger partial charge in [-0.2, -0.15) is 0 Å². The summed E-state index contributed by atoms with van der Waals surface area (Å²) < 4.78 is 12.2. The van der Waals surface area contributed by atoms with E-state index in [2.05, 4.69) is 34.4 Å². The van der Waals surface area contributed by atoms with Crippen LogP contribution in [0.15, 0.2) is 42.6 Å². The van der Waals surface area contributed by atoms with Crippen molar-refractivity contribution in [1.29, 1.82) is 0 Å². The van der Waals surface area contributed by atoms with E-state index in [9.17, 15) is 4.79 Å². The number of aromatic nitrogens is 1. The van der Waals surface area contributed by atoms with E-state index >= 15 is 0 Å². The number of amides is 2. The number of nitrogens with one attached hydrogen (secondary N) is 2. The molecule has 2 aromatic carbocycles. The molecular weight excluding hydrogens is 464 g/mol. The number of anilines is 1. The van der Waals surface area contributed by atoms with Gasteiger partial charge in [0.15, 0.2) is 0 Å². The topological polar surface area (TPSA) is 75.7 Å². The van der Waals surface area contributed by atoms with Gasteiger partial charge in [-0.05, 0) is 69.1 Å². The van der Waals surface area contributed by atoms with Gasteiger partial charge in [0.25, 0.3) is 0 Å². The van der Waals surface area contributed by atoms with Crippen molar-refractivity contribution in [2.24, 2.45) is 0 Å². The predicted octanol–water partition coefficient (Wildman–Crippen LogP) is 6.38. The van der Waals surface area contributed by atoms with E-state index < -0.39 is 0 Å². The second-order valence-corrected chi connectivity index (χ2v) is 9.20. The van der Waals surface area contributed by atoms with Crippen LogP contribution in [0.25, 0.3) is 10.9 Å². The fourth-order valence-corrected chi connectivity index (χ4v) is 4.09. The molecule has 0 radical (unpaired) electrons. The summed E-state index contributed by atoms with van der Waals surface area (Å²) in [6.45, 7) is 10.2. The monoisotopic (exact) mass is 496 g/mol. The molecule has 0 spiro atoms. The molecule has 0 aliphatic heterocycles. The zero-order chi connectivity index (χ0) is 24.8. The SMILES string of the molecule is CCN(CC)CCCOc1cc2nccc(Oc3ccc(NC(=O)NC4CC4)c(Cl)c3)c2cc1C. The van der Waals surface area contributed by atoms with Gasteiger partial charge in [-0.15, -0.1) is 0 Å². The number of pyridine rings is 1. The lowest BCUT2D eigenvalue weighted by molar-refractivity contribution is 0.248. The molecule has 1 heterocycles. The molecule has 2 N–H and O–H groups in total. The highest BCUT2D eigenvalue weighted by Crippen LogP contribution is 2.35. The first kappa shape index (κ1) is 25.1. The molecule has 186 valence electrons. The maximum atomic E-state index is 12.0. The Labute approximate surface area is 211 Å². The van der Waals surface area contributed by atoms with E-state index in [1.807, 2.05) is 25.1 Å². The fraction of sp³-hybridized carbons (Fsp3) is 0.407. The largest absolute Gasteiger partial charge is 0.493 e. The first-order valence-electron chi connectivity index (χ1n) is 12.3. The number of urea groups is 1. The van der Waals surface area contributed by atoms with Crippen molar-refractivity contribution in [3.63, 3.8) is 0 Å². The van der Waals surface area contributed by atoms with Crippen LogP contribution >= 0.6 is 11.6 Å². The summed E-state index contributed by atoms with van der Waals surface area (Å²) in [6, 6.07) is 11.1. The molecule has 7 nitrogen and oxygen atoms in total. The number of carbonyl (C=O) groups is 1. The maximum Gasteiger partial charge on any atom is 0.319 e. The van der Waals surface area contributed by atoms with Crippen LogP contribution in [0.1, 0.15) is 38.7 Å². The molecule has 8 heteroatoms. The van der Waals surface area contributed by atoms with Crippen molar-refractivity contribution >= 4 is 34.2 Å². The van der Waals surface area contributed by atoms with Crippen LogP contribution in [0.3, 0.4) is 0 Å². The van der Waals surface area contributed by atoms with Crippen molar-refractivity contribution in [3.8, 4) is 17.2 Å². The number of ether oxygens (including phenoxy) is 2. The average molecular weight is 497 g/mol. The third-order valence-electron chi connectivity index (χ3n) is 6.10. The molecular formula is C27H33ClN4O3. The van der Waals surface area contributed by atoms with Crippen LogP contribution < -0.4 is 20.1 Å². The predicted molar refractivity (Wildman–Crippen MR) is 141 cm³/mol. The van der Waals surface area contributed by atoms with E-state index in [-0.39, 0.29) is 12.1 Å². The van der Waals surface area contributed by atoms with Crippen molar-refractivity contribution in [1.82, 2.24) is 15.2 Å². The summed E-state index contributed by atoms with van der Waals surface area (Å²) in [4.78, 5) is 18.9. The third-order valence-corrected chi connectivity index (χ3v) is 6.41. The molecule has 1 saturated carbocycles.